The summed E-state index contributed by atoms with van der Waals surface area (Å²) in [6, 6.07) is 8.35. The predicted molar refractivity (Wildman–Crippen MR) is 96.3 cm³/mol. The third-order valence-electron chi connectivity index (χ3n) is 4.28. The van der Waals surface area contributed by atoms with Crippen molar-refractivity contribution in [3.05, 3.63) is 33.1 Å². The second-order valence-corrected chi connectivity index (χ2v) is 10.3. The fourth-order valence-corrected chi connectivity index (χ4v) is 7.50. The van der Waals surface area contributed by atoms with Gasteiger partial charge in [-0.05, 0) is 0 Å². The molecule has 2 saturated heterocycles. The quantitative estimate of drug-likeness (QED) is 0.499. The van der Waals surface area contributed by atoms with Gasteiger partial charge in [0.2, 0.25) is 0 Å². The Morgan fingerprint density at radius 1 is 0.750 bits per heavy atom. The molecule has 4 heterocycles. The van der Waals surface area contributed by atoms with Crippen LogP contribution in [0.3, 0.4) is 0 Å². The molecule has 0 amide bonds. The van der Waals surface area contributed by atoms with Gasteiger partial charge in [-0.2, -0.15) is 0 Å². The van der Waals surface area contributed by atoms with Gasteiger partial charge in [0, 0.05) is 0 Å². The number of hydrogen-bond donors (Lipinski definition) is 0. The first-order chi connectivity index (χ1) is 11.8. The van der Waals surface area contributed by atoms with Crippen molar-refractivity contribution in [2.75, 3.05) is 62.4 Å². The fourth-order valence-electron chi connectivity index (χ4n) is 2.93. The van der Waals surface area contributed by atoms with Gasteiger partial charge in [-0.15, -0.1) is 0 Å². The molecule has 2 aromatic heterocycles. The van der Waals surface area contributed by atoms with Crippen LogP contribution in [-0.2, 0) is 9.47 Å². The minimum atomic E-state index is 0.132. The molecule has 2 aliphatic heterocycles. The Morgan fingerprint density at radius 3 is 1.58 bits per heavy atom. The molecule has 128 valence electrons. The first-order valence-corrected chi connectivity index (χ1v) is 11.6. The second kappa shape index (κ2) is 7.61. The van der Waals surface area contributed by atoms with Crippen molar-refractivity contribution in [3.63, 3.8) is 0 Å². The summed E-state index contributed by atoms with van der Waals surface area (Å²) in [5.74, 6) is 0.258. The SMILES string of the molecule is O=C(c1ccc(N2CCOCC2)[se]1)c1ccc(N2CCOCC2)[se]1. The van der Waals surface area contributed by atoms with Crippen molar-refractivity contribution in [1.82, 2.24) is 0 Å². The van der Waals surface area contributed by atoms with Crippen LogP contribution in [0.2, 0.25) is 0 Å². The molecular formula is C17H20N2O3Se2. The molecule has 24 heavy (non-hydrogen) atoms. The molecule has 5 nitrogen and oxygen atoms in total. The van der Waals surface area contributed by atoms with Gasteiger partial charge in [0.05, 0.1) is 0 Å². The van der Waals surface area contributed by atoms with Crippen LogP contribution in [0, 0.1) is 0 Å². The van der Waals surface area contributed by atoms with E-state index in [4.69, 9.17) is 9.47 Å². The average molecular weight is 458 g/mol. The number of anilines is 2. The summed E-state index contributed by atoms with van der Waals surface area (Å²) in [4.78, 5) is 17.6. The summed E-state index contributed by atoms with van der Waals surface area (Å²) in [5, 5.41) is 0. The van der Waals surface area contributed by atoms with Crippen LogP contribution < -0.4 is 9.80 Å². The Balaban J connectivity index is 1.47. The maximum atomic E-state index is 12.8. The number of morpholine rings is 2. The van der Waals surface area contributed by atoms with Crippen LogP contribution >= 0.6 is 0 Å². The molecule has 2 aromatic rings. The van der Waals surface area contributed by atoms with E-state index in [0.717, 1.165) is 61.5 Å². The molecule has 0 N–H and O–H groups in total. The average Bonchev–Trinajstić information content (AvgIpc) is 3.33. The van der Waals surface area contributed by atoms with Gasteiger partial charge in [-0.1, -0.05) is 0 Å². The van der Waals surface area contributed by atoms with Gasteiger partial charge in [-0.25, -0.2) is 0 Å². The third kappa shape index (κ3) is 3.57. The summed E-state index contributed by atoms with van der Waals surface area (Å²) < 4.78 is 15.5. The molecule has 0 atom stereocenters. The Labute approximate surface area is 153 Å². The molecular weight excluding hydrogens is 438 g/mol. The molecule has 0 saturated carbocycles. The molecule has 4 rings (SSSR count). The first-order valence-electron chi connectivity index (χ1n) is 8.21. The van der Waals surface area contributed by atoms with Gasteiger partial charge in [0.25, 0.3) is 0 Å². The zero-order valence-electron chi connectivity index (χ0n) is 13.4. The number of ether oxygens (including phenoxy) is 2. The van der Waals surface area contributed by atoms with E-state index in [0.29, 0.717) is 0 Å². The van der Waals surface area contributed by atoms with Crippen molar-refractivity contribution in [2.45, 2.75) is 0 Å². The zero-order valence-corrected chi connectivity index (χ0v) is 16.8. The molecule has 0 aliphatic carbocycles. The monoisotopic (exact) mass is 460 g/mol. The molecule has 2 aliphatic rings. The van der Waals surface area contributed by atoms with Crippen LogP contribution in [0.1, 0.15) is 13.7 Å². The molecule has 0 spiro atoms. The predicted octanol–water partition coefficient (Wildman–Crippen LogP) is 0.705. The standard InChI is InChI=1S/C17H20N2O3Se2/c20-17(13-1-3-15(23-13)18-5-9-21-10-6-18)14-2-4-16(24-14)19-7-11-22-12-8-19/h1-4H,5-12H2. The van der Waals surface area contributed by atoms with Crippen LogP contribution in [-0.4, -0.2) is 87.4 Å². The Hall–Kier alpha value is -0.811. The fraction of sp³-hybridized carbons (Fsp3) is 0.471. The summed E-state index contributed by atoms with van der Waals surface area (Å²) in [6.45, 7) is 6.93. The third-order valence-corrected chi connectivity index (χ3v) is 9.08. The van der Waals surface area contributed by atoms with E-state index >= 15 is 0 Å². The van der Waals surface area contributed by atoms with Crippen molar-refractivity contribution in [2.24, 2.45) is 0 Å². The molecule has 0 unspecified atom stereocenters. The van der Waals surface area contributed by atoms with Crippen molar-refractivity contribution in [1.29, 1.82) is 0 Å². The molecule has 2 fully saturated rings. The van der Waals surface area contributed by atoms with E-state index in [9.17, 15) is 4.79 Å². The van der Waals surface area contributed by atoms with Crippen molar-refractivity contribution >= 4 is 43.9 Å². The second-order valence-electron chi connectivity index (χ2n) is 5.80. The Kier molecular flexibility index (Phi) is 5.28. The van der Waals surface area contributed by atoms with E-state index in [-0.39, 0.29) is 34.8 Å². The zero-order chi connectivity index (χ0) is 16.4. The van der Waals surface area contributed by atoms with Crippen LogP contribution in [0.15, 0.2) is 24.3 Å². The number of carbonyl (C=O) groups excluding carboxylic acids is 1. The number of carbonyl (C=O) groups is 1. The molecule has 7 heteroatoms. The molecule has 0 aromatic carbocycles. The molecule has 0 radical (unpaired) electrons. The van der Waals surface area contributed by atoms with Gasteiger partial charge in [0.15, 0.2) is 0 Å². The summed E-state index contributed by atoms with van der Waals surface area (Å²) in [7, 11) is 0. The summed E-state index contributed by atoms with van der Waals surface area (Å²) in [6.07, 6.45) is 0. The van der Waals surface area contributed by atoms with Crippen molar-refractivity contribution in [3.8, 4) is 0 Å². The van der Waals surface area contributed by atoms with Crippen molar-refractivity contribution < 1.29 is 14.3 Å². The number of hydrogen-bond acceptors (Lipinski definition) is 5. The van der Waals surface area contributed by atoms with Gasteiger partial charge in [0.1, 0.15) is 0 Å². The van der Waals surface area contributed by atoms with Gasteiger partial charge < -0.3 is 0 Å². The summed E-state index contributed by atoms with van der Waals surface area (Å²) in [5.41, 5.74) is 0. The number of rotatable bonds is 4. The molecule has 0 bridgehead atoms. The van der Waals surface area contributed by atoms with E-state index in [1.807, 2.05) is 12.1 Å². The van der Waals surface area contributed by atoms with Gasteiger partial charge in [-0.3, -0.25) is 0 Å². The van der Waals surface area contributed by atoms with Crippen LogP contribution in [0.25, 0.3) is 0 Å². The van der Waals surface area contributed by atoms with E-state index < -0.39 is 0 Å². The van der Waals surface area contributed by atoms with E-state index in [1.54, 1.807) is 0 Å². The van der Waals surface area contributed by atoms with Gasteiger partial charge >= 0.3 is 154 Å². The minimum absolute atomic E-state index is 0.132. The van der Waals surface area contributed by atoms with E-state index in [2.05, 4.69) is 21.9 Å². The Morgan fingerprint density at radius 2 is 1.17 bits per heavy atom. The normalized spacial score (nSPS) is 18.8. The number of ketones is 1. The van der Waals surface area contributed by atoms with E-state index in [1.165, 1.54) is 9.12 Å². The first kappa shape index (κ1) is 16.6. The van der Waals surface area contributed by atoms with Crippen LogP contribution in [0.4, 0.5) is 9.12 Å². The summed E-state index contributed by atoms with van der Waals surface area (Å²) >= 11 is 0.264. The Bertz CT molecular complexity index is 642. The topological polar surface area (TPSA) is 42.0 Å². The number of nitrogens with zero attached hydrogens (tertiary/aromatic N) is 2. The maximum absolute atomic E-state index is 12.8. The van der Waals surface area contributed by atoms with Crippen LogP contribution in [0.5, 0.6) is 0 Å².